The Morgan fingerprint density at radius 1 is 0.963 bits per heavy atom. The van der Waals surface area contributed by atoms with Crippen LogP contribution >= 0.6 is 0 Å². The van der Waals surface area contributed by atoms with Crippen LogP contribution in [0, 0.1) is 13.8 Å². The molecular weight excluding hydrogens is 340 g/mol. The minimum absolute atomic E-state index is 0.0951. The van der Waals surface area contributed by atoms with Crippen molar-refractivity contribution in [1.29, 1.82) is 0 Å². The third-order valence-corrected chi connectivity index (χ3v) is 5.02. The predicted molar refractivity (Wildman–Crippen MR) is 103 cm³/mol. The van der Waals surface area contributed by atoms with Gasteiger partial charge in [-0.1, -0.05) is 6.07 Å². The molecule has 1 saturated heterocycles. The Kier molecular flexibility index (Phi) is 4.58. The van der Waals surface area contributed by atoms with Crippen LogP contribution in [0.25, 0.3) is 5.82 Å². The van der Waals surface area contributed by atoms with E-state index < -0.39 is 0 Å². The summed E-state index contributed by atoms with van der Waals surface area (Å²) in [6.07, 6.45) is 5.13. The minimum Gasteiger partial charge on any atom is -0.353 e. The fourth-order valence-electron chi connectivity index (χ4n) is 3.24. The number of carbonyl (C=O) groups is 1. The first-order valence-corrected chi connectivity index (χ1v) is 9.05. The van der Waals surface area contributed by atoms with Gasteiger partial charge in [-0.15, -0.1) is 0 Å². The topological polar surface area (TPSA) is 67.2 Å². The maximum atomic E-state index is 12.8. The molecule has 7 heteroatoms. The van der Waals surface area contributed by atoms with Gasteiger partial charge in [0.2, 0.25) is 0 Å². The summed E-state index contributed by atoms with van der Waals surface area (Å²) in [4.78, 5) is 25.5. The summed E-state index contributed by atoms with van der Waals surface area (Å²) in [6.45, 7) is 6.93. The number of benzene rings is 1. The van der Waals surface area contributed by atoms with E-state index >= 15 is 0 Å². The number of amides is 1. The second kappa shape index (κ2) is 7.19. The Morgan fingerprint density at radius 2 is 1.74 bits per heavy atom. The van der Waals surface area contributed by atoms with Gasteiger partial charge < -0.3 is 9.80 Å². The Balaban J connectivity index is 1.44. The largest absolute Gasteiger partial charge is 0.353 e. The lowest BCUT2D eigenvalue weighted by Gasteiger charge is -2.35. The fourth-order valence-corrected chi connectivity index (χ4v) is 3.24. The van der Waals surface area contributed by atoms with Crippen LogP contribution in [0.1, 0.15) is 21.5 Å². The highest BCUT2D eigenvalue weighted by Crippen LogP contribution is 2.18. The number of carbonyl (C=O) groups excluding carboxylic acids is 1. The number of hydrogen-bond donors (Lipinski definition) is 0. The number of hydrogen-bond acceptors (Lipinski definition) is 5. The SMILES string of the molecule is Cc1ccc(C(=O)N2CCN(c3cc(-n4cccn4)ncn3)CC2)cc1C. The van der Waals surface area contributed by atoms with Crippen LogP contribution in [-0.4, -0.2) is 56.7 Å². The molecule has 7 nitrogen and oxygen atoms in total. The Morgan fingerprint density at radius 3 is 2.44 bits per heavy atom. The molecule has 0 N–H and O–H groups in total. The third-order valence-electron chi connectivity index (χ3n) is 5.02. The Labute approximate surface area is 158 Å². The van der Waals surface area contributed by atoms with E-state index in [-0.39, 0.29) is 5.91 Å². The van der Waals surface area contributed by atoms with Gasteiger partial charge in [-0.05, 0) is 43.2 Å². The van der Waals surface area contributed by atoms with Crippen LogP contribution in [0.3, 0.4) is 0 Å². The summed E-state index contributed by atoms with van der Waals surface area (Å²) in [6, 6.07) is 9.69. The molecule has 1 amide bonds. The van der Waals surface area contributed by atoms with Gasteiger partial charge in [0.15, 0.2) is 5.82 Å². The maximum Gasteiger partial charge on any atom is 0.253 e. The minimum atomic E-state index is 0.0951. The summed E-state index contributed by atoms with van der Waals surface area (Å²) in [5.41, 5.74) is 3.11. The van der Waals surface area contributed by atoms with Gasteiger partial charge in [-0.25, -0.2) is 14.6 Å². The van der Waals surface area contributed by atoms with E-state index in [1.165, 1.54) is 5.56 Å². The number of anilines is 1. The quantitative estimate of drug-likeness (QED) is 0.715. The van der Waals surface area contributed by atoms with Crippen LogP contribution in [0.4, 0.5) is 5.82 Å². The highest BCUT2D eigenvalue weighted by molar-refractivity contribution is 5.94. The lowest BCUT2D eigenvalue weighted by molar-refractivity contribution is 0.0746. The third kappa shape index (κ3) is 3.53. The van der Waals surface area contributed by atoms with Crippen LogP contribution in [0.2, 0.25) is 0 Å². The number of aryl methyl sites for hydroxylation is 2. The molecular formula is C20H22N6O. The van der Waals surface area contributed by atoms with E-state index in [2.05, 4.69) is 26.9 Å². The van der Waals surface area contributed by atoms with E-state index in [1.807, 2.05) is 48.4 Å². The van der Waals surface area contributed by atoms with Gasteiger partial charge in [0.05, 0.1) is 0 Å². The molecule has 1 aromatic carbocycles. The van der Waals surface area contributed by atoms with Crippen molar-refractivity contribution in [1.82, 2.24) is 24.6 Å². The van der Waals surface area contributed by atoms with Gasteiger partial charge in [0.1, 0.15) is 12.1 Å². The zero-order valence-corrected chi connectivity index (χ0v) is 15.5. The number of piperazine rings is 1. The number of aromatic nitrogens is 4. The van der Waals surface area contributed by atoms with Crippen molar-refractivity contribution in [3.8, 4) is 5.82 Å². The highest BCUT2D eigenvalue weighted by Gasteiger charge is 2.23. The van der Waals surface area contributed by atoms with Gasteiger partial charge >= 0.3 is 0 Å². The molecule has 138 valence electrons. The van der Waals surface area contributed by atoms with Crippen molar-refractivity contribution in [3.05, 3.63) is 65.7 Å². The summed E-state index contributed by atoms with van der Waals surface area (Å²) < 4.78 is 1.71. The summed E-state index contributed by atoms with van der Waals surface area (Å²) in [5.74, 6) is 1.69. The lowest BCUT2D eigenvalue weighted by atomic mass is 10.1. The Hall–Kier alpha value is -3.22. The molecule has 3 aromatic rings. The fraction of sp³-hybridized carbons (Fsp3) is 0.300. The molecule has 1 aliphatic rings. The molecule has 27 heavy (non-hydrogen) atoms. The highest BCUT2D eigenvalue weighted by atomic mass is 16.2. The Bertz CT molecular complexity index is 945. The zero-order valence-electron chi connectivity index (χ0n) is 15.5. The average Bonchev–Trinajstić information content (AvgIpc) is 3.25. The van der Waals surface area contributed by atoms with E-state index in [4.69, 9.17) is 0 Å². The summed E-state index contributed by atoms with van der Waals surface area (Å²) >= 11 is 0. The maximum absolute atomic E-state index is 12.8. The van der Waals surface area contributed by atoms with Gasteiger partial charge in [0, 0.05) is 50.2 Å². The molecule has 0 atom stereocenters. The van der Waals surface area contributed by atoms with E-state index in [9.17, 15) is 4.79 Å². The number of nitrogens with zero attached hydrogens (tertiary/aromatic N) is 6. The van der Waals surface area contributed by atoms with Crippen LogP contribution in [0.15, 0.2) is 49.1 Å². The second-order valence-electron chi connectivity index (χ2n) is 6.76. The van der Waals surface area contributed by atoms with Crippen molar-refractivity contribution in [2.24, 2.45) is 0 Å². The molecule has 0 saturated carbocycles. The van der Waals surface area contributed by atoms with E-state index in [0.29, 0.717) is 13.1 Å². The standard InChI is InChI=1S/C20H22N6O/c1-15-4-5-17(12-16(15)2)20(27)25-10-8-24(9-11-25)18-13-19(22-14-21-18)26-7-3-6-23-26/h3-7,12-14H,8-11H2,1-2H3. The first-order chi connectivity index (χ1) is 13.1. The summed E-state index contributed by atoms with van der Waals surface area (Å²) in [5, 5.41) is 4.21. The van der Waals surface area contributed by atoms with Crippen molar-refractivity contribution in [3.63, 3.8) is 0 Å². The second-order valence-corrected chi connectivity index (χ2v) is 6.76. The first-order valence-electron chi connectivity index (χ1n) is 9.05. The van der Waals surface area contributed by atoms with Gasteiger partial charge in [-0.2, -0.15) is 5.10 Å². The first kappa shape index (κ1) is 17.2. The number of rotatable bonds is 3. The van der Waals surface area contributed by atoms with E-state index in [1.54, 1.807) is 17.2 Å². The molecule has 2 aromatic heterocycles. The molecule has 1 aliphatic heterocycles. The molecule has 3 heterocycles. The molecule has 0 aliphatic carbocycles. The molecule has 0 unspecified atom stereocenters. The lowest BCUT2D eigenvalue weighted by Crippen LogP contribution is -2.49. The smallest absolute Gasteiger partial charge is 0.253 e. The van der Waals surface area contributed by atoms with Gasteiger partial charge in [0.25, 0.3) is 5.91 Å². The van der Waals surface area contributed by atoms with Crippen LogP contribution in [-0.2, 0) is 0 Å². The van der Waals surface area contributed by atoms with Crippen molar-refractivity contribution < 1.29 is 4.79 Å². The van der Waals surface area contributed by atoms with Crippen LogP contribution < -0.4 is 4.90 Å². The molecule has 0 bridgehead atoms. The molecule has 4 rings (SSSR count). The predicted octanol–water partition coefficient (Wildman–Crippen LogP) is 2.24. The van der Waals surface area contributed by atoms with E-state index in [0.717, 1.165) is 35.9 Å². The monoisotopic (exact) mass is 362 g/mol. The summed E-state index contributed by atoms with van der Waals surface area (Å²) in [7, 11) is 0. The van der Waals surface area contributed by atoms with Crippen molar-refractivity contribution >= 4 is 11.7 Å². The normalized spacial score (nSPS) is 14.4. The van der Waals surface area contributed by atoms with Crippen molar-refractivity contribution in [2.75, 3.05) is 31.1 Å². The molecule has 1 fully saturated rings. The molecule has 0 spiro atoms. The average molecular weight is 362 g/mol. The molecule has 0 radical (unpaired) electrons. The van der Waals surface area contributed by atoms with Gasteiger partial charge in [-0.3, -0.25) is 4.79 Å². The zero-order chi connectivity index (χ0) is 18.8. The van der Waals surface area contributed by atoms with Crippen LogP contribution in [0.5, 0.6) is 0 Å². The van der Waals surface area contributed by atoms with Crippen molar-refractivity contribution in [2.45, 2.75) is 13.8 Å².